The molecule has 0 bridgehead atoms. The molecule has 3 aromatic rings. The molecule has 14 heteroatoms. The van der Waals surface area contributed by atoms with Crippen LogP contribution in [0.15, 0.2) is 78.9 Å². The smallest absolute Gasteiger partial charge is 0.444 e. The zero-order chi connectivity index (χ0) is 41.6. The van der Waals surface area contributed by atoms with Crippen molar-refractivity contribution in [1.29, 1.82) is 0 Å². The van der Waals surface area contributed by atoms with Crippen molar-refractivity contribution < 1.29 is 41.9 Å². The van der Waals surface area contributed by atoms with Gasteiger partial charge < -0.3 is 24.8 Å². The van der Waals surface area contributed by atoms with Crippen molar-refractivity contribution in [3.05, 3.63) is 106 Å². The lowest BCUT2D eigenvalue weighted by Crippen LogP contribution is -2.64. The van der Waals surface area contributed by atoms with Crippen LogP contribution >= 0.6 is 11.6 Å². The number of amides is 4. The van der Waals surface area contributed by atoms with Crippen LogP contribution in [-0.4, -0.2) is 94.8 Å². The predicted octanol–water partition coefficient (Wildman–Crippen LogP) is 6.65. The maximum Gasteiger partial charge on any atom is 0.471 e. The molecular formula is C42H50ClF3N4O6. The summed E-state index contributed by atoms with van der Waals surface area (Å²) >= 11 is 6.84. The van der Waals surface area contributed by atoms with Gasteiger partial charge in [0.05, 0.1) is 6.42 Å². The highest BCUT2D eigenvalue weighted by molar-refractivity contribution is 6.31. The fourth-order valence-electron chi connectivity index (χ4n) is 7.40. The third kappa shape index (κ3) is 9.37. The fourth-order valence-corrected chi connectivity index (χ4v) is 7.67. The van der Waals surface area contributed by atoms with E-state index >= 15 is 0 Å². The van der Waals surface area contributed by atoms with Crippen LogP contribution in [0.4, 0.5) is 13.2 Å². The molecule has 1 N–H and O–H groups in total. The Morgan fingerprint density at radius 1 is 0.857 bits per heavy atom. The number of likely N-dealkylation sites (N-methyl/N-ethyl adjacent to an activating group) is 2. The third-order valence-corrected chi connectivity index (χ3v) is 10.5. The van der Waals surface area contributed by atoms with E-state index in [0.29, 0.717) is 39.7 Å². The summed E-state index contributed by atoms with van der Waals surface area (Å²) in [7, 11) is 1.26. The standard InChI is InChI=1S/C42H50ClF3N4O6/c1-8-50(39(55)42(44,45)46)40(5,6)38(54)48(7)35(27(2)3)36(52)47-33(37(53)49-24-14-15-25-49)26-34(51)56-41(29-16-10-9-11-17-29,30-22-20-28(4)21-23-30)31-18-12-13-19-32(31)43/h9-13,16-23,27,33,35H,8,14-15,24-26H2,1-7H3,(H,47,52)/t33-,35-,41?/m0/s1. The van der Waals surface area contributed by atoms with Crippen LogP contribution in [0.25, 0.3) is 0 Å². The molecule has 302 valence electrons. The van der Waals surface area contributed by atoms with Crippen LogP contribution in [-0.2, 0) is 34.3 Å². The summed E-state index contributed by atoms with van der Waals surface area (Å²) in [5, 5.41) is 3.01. The van der Waals surface area contributed by atoms with Crippen LogP contribution < -0.4 is 5.32 Å². The Balaban J connectivity index is 1.73. The Morgan fingerprint density at radius 2 is 1.41 bits per heavy atom. The van der Waals surface area contributed by atoms with Gasteiger partial charge in [-0.25, -0.2) is 0 Å². The molecule has 1 aliphatic rings. The molecule has 4 amide bonds. The average Bonchev–Trinajstić information content (AvgIpc) is 3.69. The van der Waals surface area contributed by atoms with E-state index in [2.05, 4.69) is 5.32 Å². The van der Waals surface area contributed by atoms with Crippen LogP contribution in [0.1, 0.15) is 76.1 Å². The second-order valence-electron chi connectivity index (χ2n) is 14.9. The number of alkyl halides is 3. The second kappa shape index (κ2) is 17.9. The number of esters is 1. The van der Waals surface area contributed by atoms with Gasteiger partial charge in [0.2, 0.25) is 17.7 Å². The Morgan fingerprint density at radius 3 is 1.95 bits per heavy atom. The Labute approximate surface area is 331 Å². The minimum Gasteiger partial charge on any atom is -0.444 e. The third-order valence-electron chi connectivity index (χ3n) is 10.2. The molecule has 1 saturated heterocycles. The number of ether oxygens (including phenoxy) is 1. The van der Waals surface area contributed by atoms with Crippen molar-refractivity contribution in [3.8, 4) is 0 Å². The van der Waals surface area contributed by atoms with Gasteiger partial charge in [0.25, 0.3) is 0 Å². The number of nitrogens with one attached hydrogen (secondary N) is 1. The van der Waals surface area contributed by atoms with Gasteiger partial charge in [0.1, 0.15) is 17.6 Å². The van der Waals surface area contributed by atoms with Crippen molar-refractivity contribution in [2.24, 2.45) is 5.92 Å². The number of carbonyl (C=O) groups excluding carboxylic acids is 5. The average molecular weight is 799 g/mol. The van der Waals surface area contributed by atoms with Crippen molar-refractivity contribution >= 4 is 41.2 Å². The maximum absolute atomic E-state index is 14.4. The molecule has 0 aromatic heterocycles. The number of nitrogens with zero attached hydrogens (tertiary/aromatic N) is 3. The largest absolute Gasteiger partial charge is 0.471 e. The first-order valence-corrected chi connectivity index (χ1v) is 19.0. The van der Waals surface area contributed by atoms with Crippen LogP contribution in [0.5, 0.6) is 0 Å². The van der Waals surface area contributed by atoms with Crippen molar-refractivity contribution in [1.82, 2.24) is 20.0 Å². The molecular weight excluding hydrogens is 749 g/mol. The number of likely N-dealkylation sites (tertiary alicyclic amines) is 1. The lowest BCUT2D eigenvalue weighted by molar-refractivity contribution is -0.192. The molecule has 1 heterocycles. The molecule has 1 aliphatic heterocycles. The maximum atomic E-state index is 14.4. The number of aryl methyl sites for hydroxylation is 1. The van der Waals surface area contributed by atoms with Crippen LogP contribution in [0.3, 0.4) is 0 Å². The van der Waals surface area contributed by atoms with E-state index in [0.717, 1.165) is 23.3 Å². The summed E-state index contributed by atoms with van der Waals surface area (Å²) in [4.78, 5) is 71.9. The van der Waals surface area contributed by atoms with Gasteiger partial charge in [-0.2, -0.15) is 13.2 Å². The summed E-state index contributed by atoms with van der Waals surface area (Å²) in [6.45, 7) is 9.22. The summed E-state index contributed by atoms with van der Waals surface area (Å²) < 4.78 is 47.1. The Kier molecular flexibility index (Phi) is 14.0. The number of benzene rings is 3. The van der Waals surface area contributed by atoms with Gasteiger partial charge in [-0.05, 0) is 52.5 Å². The fraction of sp³-hybridized carbons (Fsp3) is 0.452. The first-order valence-electron chi connectivity index (χ1n) is 18.6. The topological polar surface area (TPSA) is 116 Å². The van der Waals surface area contributed by atoms with E-state index in [1.807, 2.05) is 37.3 Å². The quantitative estimate of drug-likeness (QED) is 0.144. The number of hydrogen-bond acceptors (Lipinski definition) is 6. The van der Waals surface area contributed by atoms with E-state index < -0.39 is 77.9 Å². The van der Waals surface area contributed by atoms with E-state index in [4.69, 9.17) is 16.3 Å². The Hall–Kier alpha value is -4.91. The normalized spacial score (nSPS) is 15.4. The van der Waals surface area contributed by atoms with Gasteiger partial charge in [0, 0.05) is 48.4 Å². The van der Waals surface area contributed by atoms with Crippen molar-refractivity contribution in [3.63, 3.8) is 0 Å². The lowest BCUT2D eigenvalue weighted by atomic mass is 9.79. The van der Waals surface area contributed by atoms with Crippen molar-refractivity contribution in [2.75, 3.05) is 26.7 Å². The van der Waals surface area contributed by atoms with E-state index in [1.165, 1.54) is 27.8 Å². The van der Waals surface area contributed by atoms with Crippen LogP contribution in [0.2, 0.25) is 5.02 Å². The molecule has 1 fully saturated rings. The first kappa shape index (κ1) is 43.8. The molecule has 3 aromatic carbocycles. The van der Waals surface area contributed by atoms with E-state index in [9.17, 15) is 37.1 Å². The first-order chi connectivity index (χ1) is 26.3. The molecule has 3 atom stereocenters. The number of hydrogen-bond donors (Lipinski definition) is 1. The predicted molar refractivity (Wildman–Crippen MR) is 206 cm³/mol. The van der Waals surface area contributed by atoms with Gasteiger partial charge in [-0.3, -0.25) is 24.0 Å². The summed E-state index contributed by atoms with van der Waals surface area (Å²) in [6.07, 6.45) is -4.40. The lowest BCUT2D eigenvalue weighted by Gasteiger charge is -2.42. The van der Waals surface area contributed by atoms with Crippen LogP contribution in [0, 0.1) is 12.8 Å². The number of halogens is 4. The van der Waals surface area contributed by atoms with E-state index in [-0.39, 0.29) is 0 Å². The molecule has 56 heavy (non-hydrogen) atoms. The second-order valence-corrected chi connectivity index (χ2v) is 15.3. The van der Waals surface area contributed by atoms with Gasteiger partial charge in [0.15, 0.2) is 5.60 Å². The summed E-state index contributed by atoms with van der Waals surface area (Å²) in [6, 6.07) is 20.6. The highest BCUT2D eigenvalue weighted by Gasteiger charge is 2.51. The zero-order valence-corrected chi connectivity index (χ0v) is 33.5. The monoisotopic (exact) mass is 798 g/mol. The Bertz CT molecular complexity index is 1880. The summed E-state index contributed by atoms with van der Waals surface area (Å²) in [5.41, 5.74) is -1.02. The number of carbonyl (C=O) groups is 5. The molecule has 0 spiro atoms. The molecule has 0 aliphatic carbocycles. The molecule has 10 nitrogen and oxygen atoms in total. The van der Waals surface area contributed by atoms with E-state index in [1.54, 1.807) is 67.3 Å². The molecule has 0 saturated carbocycles. The molecule has 4 rings (SSSR count). The number of rotatable bonds is 14. The SMILES string of the molecule is CCN(C(=O)C(F)(F)F)C(C)(C)C(=O)N(C)[C@H](C(=O)N[C@@H](CC(=O)OC(c1ccccc1)(c1ccc(C)cc1)c1ccccc1Cl)C(=O)N1CCCC1)C(C)C. The molecule has 1 unspecified atom stereocenters. The highest BCUT2D eigenvalue weighted by atomic mass is 35.5. The van der Waals surface area contributed by atoms with Gasteiger partial charge in [-0.1, -0.05) is 104 Å². The van der Waals surface area contributed by atoms with Gasteiger partial charge in [-0.15, -0.1) is 0 Å². The highest BCUT2D eigenvalue weighted by Crippen LogP contribution is 2.44. The minimum absolute atomic E-state index is 0.316. The zero-order valence-electron chi connectivity index (χ0n) is 32.8. The van der Waals surface area contributed by atoms with Crippen molar-refractivity contribution in [2.45, 2.75) is 90.2 Å². The molecule has 0 radical (unpaired) electrons. The minimum atomic E-state index is -5.23. The van der Waals surface area contributed by atoms with Gasteiger partial charge >= 0.3 is 18.1 Å². The summed E-state index contributed by atoms with van der Waals surface area (Å²) in [5.74, 6) is -5.94.